The highest BCUT2D eigenvalue weighted by Gasteiger charge is 2.28. The van der Waals surface area contributed by atoms with Crippen LogP contribution in [-0.4, -0.2) is 26.1 Å². The molecule has 0 unspecified atom stereocenters. The third kappa shape index (κ3) is 3.42. The third-order valence-electron chi connectivity index (χ3n) is 4.40. The van der Waals surface area contributed by atoms with E-state index in [9.17, 15) is 4.79 Å². The van der Waals surface area contributed by atoms with Crippen molar-refractivity contribution in [2.24, 2.45) is 0 Å². The number of tetrazole rings is 1. The number of hydrogen-bond acceptors (Lipinski definition) is 4. The fourth-order valence-corrected chi connectivity index (χ4v) is 2.87. The summed E-state index contributed by atoms with van der Waals surface area (Å²) in [6, 6.07) is 16.0. The molecule has 126 valence electrons. The first-order chi connectivity index (χ1) is 12.2. The molecule has 0 bridgehead atoms. The molecule has 6 heteroatoms. The van der Waals surface area contributed by atoms with Crippen molar-refractivity contribution in [3.63, 3.8) is 0 Å². The maximum Gasteiger partial charge on any atom is 0.228 e. The van der Waals surface area contributed by atoms with Crippen LogP contribution in [0.2, 0.25) is 0 Å². The maximum atomic E-state index is 12.4. The summed E-state index contributed by atoms with van der Waals surface area (Å²) in [5.74, 6) is 0.714. The van der Waals surface area contributed by atoms with Crippen LogP contribution in [0.15, 0.2) is 48.5 Å². The lowest BCUT2D eigenvalue weighted by Crippen LogP contribution is -2.15. The van der Waals surface area contributed by atoms with E-state index in [4.69, 9.17) is 0 Å². The summed E-state index contributed by atoms with van der Waals surface area (Å²) in [5.41, 5.74) is 3.82. The van der Waals surface area contributed by atoms with Gasteiger partial charge in [-0.25, -0.2) is 4.68 Å². The minimum absolute atomic E-state index is 0.0340. The summed E-state index contributed by atoms with van der Waals surface area (Å²) in [6.07, 6.45) is 2.59. The van der Waals surface area contributed by atoms with Crippen molar-refractivity contribution in [3.05, 3.63) is 59.7 Å². The Morgan fingerprint density at radius 2 is 2.04 bits per heavy atom. The number of nitrogens with one attached hydrogen (secondary N) is 1. The summed E-state index contributed by atoms with van der Waals surface area (Å²) in [4.78, 5) is 12.4. The zero-order valence-electron chi connectivity index (χ0n) is 14.0. The van der Waals surface area contributed by atoms with Gasteiger partial charge in [0, 0.05) is 11.3 Å². The fraction of sp³-hybridized carbons (Fsp3) is 0.263. The van der Waals surface area contributed by atoms with Crippen LogP contribution in [0.4, 0.5) is 5.69 Å². The molecule has 1 amide bonds. The second kappa shape index (κ2) is 6.47. The van der Waals surface area contributed by atoms with Gasteiger partial charge < -0.3 is 5.32 Å². The van der Waals surface area contributed by atoms with Gasteiger partial charge in [-0.3, -0.25) is 4.79 Å². The molecule has 0 saturated heterocycles. The number of aryl methyl sites for hydroxylation is 1. The molecule has 1 heterocycles. The van der Waals surface area contributed by atoms with Gasteiger partial charge in [-0.15, -0.1) is 5.10 Å². The number of amides is 1. The van der Waals surface area contributed by atoms with Crippen LogP contribution in [0.1, 0.15) is 30.0 Å². The predicted molar refractivity (Wildman–Crippen MR) is 95.0 cm³/mol. The average Bonchev–Trinajstić information content (AvgIpc) is 3.34. The summed E-state index contributed by atoms with van der Waals surface area (Å²) in [6.45, 7) is 2.01. The Labute approximate surface area is 145 Å². The number of hydrogen-bond donors (Lipinski definition) is 1. The molecule has 1 aliphatic rings. The van der Waals surface area contributed by atoms with Crippen molar-refractivity contribution in [2.45, 2.75) is 32.2 Å². The molecule has 6 nitrogen and oxygen atoms in total. The first kappa shape index (κ1) is 15.5. The number of aromatic nitrogens is 4. The Morgan fingerprint density at radius 3 is 2.84 bits per heavy atom. The van der Waals surface area contributed by atoms with Gasteiger partial charge in [-0.1, -0.05) is 36.4 Å². The Kier molecular flexibility index (Phi) is 4.01. The zero-order valence-corrected chi connectivity index (χ0v) is 14.0. The van der Waals surface area contributed by atoms with E-state index in [2.05, 4.69) is 20.8 Å². The van der Waals surface area contributed by atoms with Crippen LogP contribution in [-0.2, 0) is 11.2 Å². The van der Waals surface area contributed by atoms with Crippen molar-refractivity contribution in [2.75, 3.05) is 5.32 Å². The predicted octanol–water partition coefficient (Wildman–Crippen LogP) is 3.16. The molecule has 2 aromatic carbocycles. The molecule has 0 aliphatic heterocycles. The van der Waals surface area contributed by atoms with E-state index >= 15 is 0 Å². The van der Waals surface area contributed by atoms with Crippen LogP contribution >= 0.6 is 0 Å². The second-order valence-corrected chi connectivity index (χ2v) is 6.41. The third-order valence-corrected chi connectivity index (χ3v) is 4.40. The lowest BCUT2D eigenvalue weighted by molar-refractivity contribution is -0.115. The van der Waals surface area contributed by atoms with Crippen molar-refractivity contribution >= 4 is 11.6 Å². The first-order valence-electron chi connectivity index (χ1n) is 8.43. The average molecular weight is 333 g/mol. The van der Waals surface area contributed by atoms with E-state index in [-0.39, 0.29) is 5.91 Å². The first-order valence-corrected chi connectivity index (χ1v) is 8.43. The molecule has 1 N–H and O–H groups in total. The topological polar surface area (TPSA) is 72.7 Å². The standard InChI is InChI=1S/C19H19N5O/c1-13-5-2-3-6-14(13)12-18(25)20-16-8-4-7-15(11-16)19-21-22-23-24(19)17-9-10-17/h2-8,11,17H,9-10,12H2,1H3,(H,20,25). The van der Waals surface area contributed by atoms with Crippen LogP contribution in [0, 0.1) is 6.92 Å². The number of carbonyl (C=O) groups is 1. The minimum atomic E-state index is -0.0340. The summed E-state index contributed by atoms with van der Waals surface area (Å²) >= 11 is 0. The summed E-state index contributed by atoms with van der Waals surface area (Å²) < 4.78 is 1.87. The van der Waals surface area contributed by atoms with Gasteiger partial charge in [0.1, 0.15) is 0 Å². The number of carbonyl (C=O) groups excluding carboxylic acids is 1. The molecule has 1 aromatic heterocycles. The highest BCUT2D eigenvalue weighted by Crippen LogP contribution is 2.36. The van der Waals surface area contributed by atoms with Crippen molar-refractivity contribution < 1.29 is 4.79 Å². The lowest BCUT2D eigenvalue weighted by atomic mass is 10.1. The van der Waals surface area contributed by atoms with Gasteiger partial charge in [0.05, 0.1) is 12.5 Å². The van der Waals surface area contributed by atoms with Gasteiger partial charge in [0.2, 0.25) is 5.91 Å². The van der Waals surface area contributed by atoms with E-state index in [0.29, 0.717) is 12.5 Å². The second-order valence-electron chi connectivity index (χ2n) is 6.41. The highest BCUT2D eigenvalue weighted by molar-refractivity contribution is 5.93. The zero-order chi connectivity index (χ0) is 17.2. The highest BCUT2D eigenvalue weighted by atomic mass is 16.1. The van der Waals surface area contributed by atoms with Gasteiger partial charge in [-0.2, -0.15) is 0 Å². The lowest BCUT2D eigenvalue weighted by Gasteiger charge is -2.09. The molecule has 3 aromatic rings. The van der Waals surface area contributed by atoms with Crippen LogP contribution < -0.4 is 5.32 Å². The number of anilines is 1. The molecule has 0 radical (unpaired) electrons. The SMILES string of the molecule is Cc1ccccc1CC(=O)Nc1cccc(-c2nnnn2C2CC2)c1. The number of nitrogens with zero attached hydrogens (tertiary/aromatic N) is 4. The van der Waals surface area contributed by atoms with E-state index in [1.54, 1.807) is 0 Å². The smallest absolute Gasteiger partial charge is 0.228 e. The Morgan fingerprint density at radius 1 is 1.20 bits per heavy atom. The molecule has 0 spiro atoms. The Balaban J connectivity index is 1.51. The van der Waals surface area contributed by atoms with E-state index in [0.717, 1.165) is 41.0 Å². The van der Waals surface area contributed by atoms with Crippen molar-refractivity contribution in [1.82, 2.24) is 20.2 Å². The largest absolute Gasteiger partial charge is 0.326 e. The van der Waals surface area contributed by atoms with Crippen molar-refractivity contribution in [3.8, 4) is 11.4 Å². The van der Waals surface area contributed by atoms with E-state index in [1.807, 2.05) is 60.1 Å². The molecule has 25 heavy (non-hydrogen) atoms. The monoisotopic (exact) mass is 333 g/mol. The Hall–Kier alpha value is -3.02. The summed E-state index contributed by atoms with van der Waals surface area (Å²) in [5, 5.41) is 15.0. The van der Waals surface area contributed by atoms with Gasteiger partial charge in [0.25, 0.3) is 0 Å². The Bertz CT molecular complexity index is 913. The van der Waals surface area contributed by atoms with Crippen LogP contribution in [0.5, 0.6) is 0 Å². The molecule has 1 aliphatic carbocycles. The molecule has 1 fully saturated rings. The van der Waals surface area contributed by atoms with Gasteiger partial charge in [-0.05, 0) is 53.5 Å². The number of rotatable bonds is 5. The van der Waals surface area contributed by atoms with Gasteiger partial charge in [0.15, 0.2) is 5.82 Å². The quantitative estimate of drug-likeness (QED) is 0.778. The van der Waals surface area contributed by atoms with E-state index < -0.39 is 0 Å². The molecule has 1 saturated carbocycles. The maximum absolute atomic E-state index is 12.4. The van der Waals surface area contributed by atoms with Crippen molar-refractivity contribution in [1.29, 1.82) is 0 Å². The summed E-state index contributed by atoms with van der Waals surface area (Å²) in [7, 11) is 0. The fourth-order valence-electron chi connectivity index (χ4n) is 2.87. The molecular formula is C19H19N5O. The molecule has 0 atom stereocenters. The van der Waals surface area contributed by atoms with E-state index in [1.165, 1.54) is 0 Å². The van der Waals surface area contributed by atoms with Crippen LogP contribution in [0.3, 0.4) is 0 Å². The molecular weight excluding hydrogens is 314 g/mol. The normalized spacial score (nSPS) is 13.6. The molecule has 4 rings (SSSR count). The minimum Gasteiger partial charge on any atom is -0.326 e. The van der Waals surface area contributed by atoms with Crippen LogP contribution in [0.25, 0.3) is 11.4 Å². The number of benzene rings is 2. The van der Waals surface area contributed by atoms with Gasteiger partial charge >= 0.3 is 0 Å².